The molecule has 0 saturated carbocycles. The number of halogens is 1. The molecule has 1 fully saturated rings. The van der Waals surface area contributed by atoms with Crippen molar-refractivity contribution in [1.29, 1.82) is 0 Å². The predicted octanol–water partition coefficient (Wildman–Crippen LogP) is 2.04. The van der Waals surface area contributed by atoms with Crippen molar-refractivity contribution in [2.45, 2.75) is 38.4 Å². The molecule has 0 spiro atoms. The van der Waals surface area contributed by atoms with Crippen molar-refractivity contribution in [3.8, 4) is 0 Å². The Hall–Kier alpha value is 0.250. The summed E-state index contributed by atoms with van der Waals surface area (Å²) in [7, 11) is 0. The van der Waals surface area contributed by atoms with Gasteiger partial charge in [-0.25, -0.2) is 0 Å². The first-order valence-electron chi connectivity index (χ1n) is 3.42. The molecule has 0 aromatic heterocycles. The van der Waals surface area contributed by atoms with Gasteiger partial charge in [0.1, 0.15) is 0 Å². The van der Waals surface area contributed by atoms with Crippen LogP contribution in [0.5, 0.6) is 0 Å². The molecule has 1 nitrogen and oxygen atoms in total. The molecule has 0 aromatic rings. The first kappa shape index (κ1) is 7.36. The van der Waals surface area contributed by atoms with Crippen LogP contribution in [0.25, 0.3) is 0 Å². The maximum atomic E-state index is 5.98. The van der Waals surface area contributed by atoms with Gasteiger partial charge in [-0.3, -0.25) is 0 Å². The Morgan fingerprint density at radius 3 is 1.78 bits per heavy atom. The summed E-state index contributed by atoms with van der Waals surface area (Å²) < 4.78 is 5.45. The van der Waals surface area contributed by atoms with Crippen LogP contribution in [-0.4, -0.2) is 17.6 Å². The highest BCUT2D eigenvalue weighted by molar-refractivity contribution is 6.21. The second kappa shape index (κ2) is 2.47. The van der Waals surface area contributed by atoms with Crippen molar-refractivity contribution in [3.05, 3.63) is 0 Å². The van der Waals surface area contributed by atoms with E-state index in [0.29, 0.717) is 12.0 Å². The molecule has 0 aliphatic carbocycles. The lowest BCUT2D eigenvalue weighted by molar-refractivity contribution is 0.0584. The molecule has 1 heterocycles. The summed E-state index contributed by atoms with van der Waals surface area (Å²) in [5.74, 6) is 0.502. The largest absolute Gasteiger partial charge is 0.374 e. The van der Waals surface area contributed by atoms with E-state index in [-0.39, 0.29) is 11.5 Å². The lowest BCUT2D eigenvalue weighted by Gasteiger charge is -2.08. The minimum Gasteiger partial charge on any atom is -0.374 e. The summed E-state index contributed by atoms with van der Waals surface area (Å²) in [4.78, 5) is 0. The van der Waals surface area contributed by atoms with E-state index in [2.05, 4.69) is 13.8 Å². The van der Waals surface area contributed by atoms with Crippen LogP contribution in [0.1, 0.15) is 20.8 Å². The zero-order valence-corrected chi connectivity index (χ0v) is 6.85. The van der Waals surface area contributed by atoms with E-state index in [0.717, 1.165) is 0 Å². The maximum Gasteiger partial charge on any atom is 0.0717 e. The zero-order chi connectivity index (χ0) is 7.02. The van der Waals surface area contributed by atoms with E-state index in [9.17, 15) is 0 Å². The van der Waals surface area contributed by atoms with E-state index >= 15 is 0 Å². The molecule has 4 unspecified atom stereocenters. The number of hydrogen-bond acceptors (Lipinski definition) is 1. The zero-order valence-electron chi connectivity index (χ0n) is 6.10. The molecule has 0 N–H and O–H groups in total. The Bertz CT molecular complexity index is 93.1. The van der Waals surface area contributed by atoms with Crippen molar-refractivity contribution >= 4 is 11.6 Å². The minimum atomic E-state index is 0.208. The van der Waals surface area contributed by atoms with Crippen molar-refractivity contribution in [2.24, 2.45) is 5.92 Å². The fraction of sp³-hybridized carbons (Fsp3) is 1.00. The summed E-state index contributed by atoms with van der Waals surface area (Å²) in [6, 6.07) is 0. The van der Waals surface area contributed by atoms with Crippen LogP contribution in [0, 0.1) is 5.92 Å². The lowest BCUT2D eigenvalue weighted by Crippen LogP contribution is -2.16. The summed E-state index contributed by atoms with van der Waals surface area (Å²) in [5.41, 5.74) is 0. The minimum absolute atomic E-state index is 0.208. The van der Waals surface area contributed by atoms with Crippen molar-refractivity contribution < 1.29 is 4.74 Å². The quantitative estimate of drug-likeness (QED) is 0.478. The van der Waals surface area contributed by atoms with Gasteiger partial charge in [0.15, 0.2) is 0 Å². The van der Waals surface area contributed by atoms with E-state index in [4.69, 9.17) is 16.3 Å². The normalized spacial score (nSPS) is 52.0. The van der Waals surface area contributed by atoms with Gasteiger partial charge in [-0.2, -0.15) is 0 Å². The standard InChI is InChI=1S/C7H13ClO/c1-4-5(2)9-6(3)7(4)8/h4-7H,1-3H3. The molecule has 1 saturated heterocycles. The maximum absolute atomic E-state index is 5.98. The molecular weight excluding hydrogens is 136 g/mol. The smallest absolute Gasteiger partial charge is 0.0717 e. The topological polar surface area (TPSA) is 9.23 Å². The van der Waals surface area contributed by atoms with Gasteiger partial charge in [0, 0.05) is 5.92 Å². The number of hydrogen-bond donors (Lipinski definition) is 0. The third kappa shape index (κ3) is 1.22. The molecule has 9 heavy (non-hydrogen) atoms. The molecule has 0 aromatic carbocycles. The summed E-state index contributed by atoms with van der Waals surface area (Å²) in [5, 5.41) is 0.208. The van der Waals surface area contributed by atoms with Crippen LogP contribution in [0.15, 0.2) is 0 Å². The van der Waals surface area contributed by atoms with Crippen molar-refractivity contribution in [1.82, 2.24) is 0 Å². The Labute approximate surface area is 61.3 Å². The van der Waals surface area contributed by atoms with E-state index in [1.807, 2.05) is 6.92 Å². The Morgan fingerprint density at radius 2 is 1.67 bits per heavy atom. The molecule has 1 rings (SSSR count). The molecule has 0 radical (unpaired) electrons. The van der Waals surface area contributed by atoms with Gasteiger partial charge in [0.2, 0.25) is 0 Å². The Morgan fingerprint density at radius 1 is 1.11 bits per heavy atom. The van der Waals surface area contributed by atoms with E-state index < -0.39 is 0 Å². The molecule has 2 heteroatoms. The number of alkyl halides is 1. The van der Waals surface area contributed by atoms with Crippen LogP contribution < -0.4 is 0 Å². The van der Waals surface area contributed by atoms with Crippen molar-refractivity contribution in [2.75, 3.05) is 0 Å². The molecule has 54 valence electrons. The average molecular weight is 149 g/mol. The third-order valence-electron chi connectivity index (χ3n) is 2.12. The predicted molar refractivity (Wildman–Crippen MR) is 38.8 cm³/mol. The Kier molecular flexibility index (Phi) is 2.02. The summed E-state index contributed by atoms with van der Waals surface area (Å²) >= 11 is 5.98. The van der Waals surface area contributed by atoms with E-state index in [1.54, 1.807) is 0 Å². The van der Waals surface area contributed by atoms with Gasteiger partial charge < -0.3 is 4.74 Å². The highest BCUT2D eigenvalue weighted by Crippen LogP contribution is 2.29. The van der Waals surface area contributed by atoms with Gasteiger partial charge in [0.25, 0.3) is 0 Å². The monoisotopic (exact) mass is 148 g/mol. The molecule has 0 bridgehead atoms. The second-order valence-electron chi connectivity index (χ2n) is 2.85. The molecule has 4 atom stereocenters. The summed E-state index contributed by atoms with van der Waals surface area (Å²) in [6.45, 7) is 6.23. The highest BCUT2D eigenvalue weighted by Gasteiger charge is 2.34. The average Bonchev–Trinajstić information content (AvgIpc) is 1.98. The SMILES string of the molecule is CC1OC(C)C(Cl)C1C. The van der Waals surface area contributed by atoms with Gasteiger partial charge in [-0.05, 0) is 13.8 Å². The molecule has 1 aliphatic heterocycles. The van der Waals surface area contributed by atoms with Crippen molar-refractivity contribution in [3.63, 3.8) is 0 Å². The van der Waals surface area contributed by atoms with Crippen LogP contribution in [0.3, 0.4) is 0 Å². The van der Waals surface area contributed by atoms with Gasteiger partial charge >= 0.3 is 0 Å². The van der Waals surface area contributed by atoms with Crippen LogP contribution >= 0.6 is 11.6 Å². The van der Waals surface area contributed by atoms with Crippen LogP contribution in [-0.2, 0) is 4.74 Å². The number of rotatable bonds is 0. The molecule has 1 aliphatic rings. The van der Waals surface area contributed by atoms with Gasteiger partial charge in [-0.15, -0.1) is 11.6 Å². The number of ether oxygens (including phenoxy) is 1. The fourth-order valence-corrected chi connectivity index (χ4v) is 1.49. The van der Waals surface area contributed by atoms with Crippen LogP contribution in [0.2, 0.25) is 0 Å². The summed E-state index contributed by atoms with van der Waals surface area (Å²) in [6.07, 6.45) is 0.569. The lowest BCUT2D eigenvalue weighted by atomic mass is 10.0. The first-order valence-corrected chi connectivity index (χ1v) is 3.86. The fourth-order valence-electron chi connectivity index (χ4n) is 1.22. The first-order chi connectivity index (χ1) is 4.13. The van der Waals surface area contributed by atoms with Crippen LogP contribution in [0.4, 0.5) is 0 Å². The Balaban J connectivity index is 2.54. The van der Waals surface area contributed by atoms with E-state index in [1.165, 1.54) is 0 Å². The highest BCUT2D eigenvalue weighted by atomic mass is 35.5. The third-order valence-corrected chi connectivity index (χ3v) is 2.87. The van der Waals surface area contributed by atoms with Gasteiger partial charge in [0.05, 0.1) is 17.6 Å². The molecular formula is C7H13ClO. The second-order valence-corrected chi connectivity index (χ2v) is 3.35. The molecule has 0 amide bonds. The van der Waals surface area contributed by atoms with Gasteiger partial charge in [-0.1, -0.05) is 6.92 Å².